The lowest BCUT2D eigenvalue weighted by atomic mass is 10.2. The predicted molar refractivity (Wildman–Crippen MR) is 139 cm³/mol. The molecular formula is C28H27FN6O2. The van der Waals surface area contributed by atoms with Crippen molar-refractivity contribution in [2.45, 2.75) is 13.8 Å². The number of hydrogen-bond acceptors (Lipinski definition) is 4. The van der Waals surface area contributed by atoms with E-state index in [4.69, 9.17) is 0 Å². The number of nitriles is 1. The maximum absolute atomic E-state index is 13.9. The van der Waals surface area contributed by atoms with Crippen LogP contribution in [0, 0.1) is 31.0 Å². The van der Waals surface area contributed by atoms with Crippen LogP contribution in [0.3, 0.4) is 0 Å². The van der Waals surface area contributed by atoms with Gasteiger partial charge in [0.25, 0.3) is 5.91 Å². The van der Waals surface area contributed by atoms with Crippen LogP contribution in [-0.2, 0) is 4.79 Å². The molecule has 1 aliphatic rings. The van der Waals surface area contributed by atoms with E-state index in [-0.39, 0.29) is 18.4 Å². The van der Waals surface area contributed by atoms with Crippen LogP contribution in [0.1, 0.15) is 27.3 Å². The van der Waals surface area contributed by atoms with Crippen molar-refractivity contribution >= 4 is 28.5 Å². The van der Waals surface area contributed by atoms with Crippen molar-refractivity contribution in [3.05, 3.63) is 82.9 Å². The van der Waals surface area contributed by atoms with Crippen LogP contribution in [0.2, 0.25) is 0 Å². The Labute approximate surface area is 213 Å². The molecule has 2 aromatic heterocycles. The van der Waals surface area contributed by atoms with Crippen LogP contribution in [0.25, 0.3) is 16.6 Å². The zero-order valence-corrected chi connectivity index (χ0v) is 20.7. The number of H-pyrrole nitrogens is 1. The summed E-state index contributed by atoms with van der Waals surface area (Å²) >= 11 is 0. The molecule has 1 aliphatic heterocycles. The van der Waals surface area contributed by atoms with Crippen LogP contribution in [0.15, 0.2) is 54.6 Å². The fraction of sp³-hybridized carbons (Fsp3) is 0.250. The van der Waals surface area contributed by atoms with Gasteiger partial charge >= 0.3 is 0 Å². The van der Waals surface area contributed by atoms with Gasteiger partial charge in [0.15, 0.2) is 0 Å². The molecule has 0 aliphatic carbocycles. The highest BCUT2D eigenvalue weighted by molar-refractivity contribution is 5.98. The van der Waals surface area contributed by atoms with Gasteiger partial charge in [-0.15, -0.1) is 0 Å². The van der Waals surface area contributed by atoms with E-state index in [9.17, 15) is 19.2 Å². The molecule has 0 bridgehead atoms. The summed E-state index contributed by atoms with van der Waals surface area (Å²) in [6.45, 7) is 5.86. The molecule has 4 aromatic rings. The van der Waals surface area contributed by atoms with Crippen molar-refractivity contribution in [2.75, 3.05) is 38.0 Å². The Bertz CT molecular complexity index is 1510. The molecule has 0 radical (unpaired) electrons. The van der Waals surface area contributed by atoms with Crippen molar-refractivity contribution < 1.29 is 14.0 Å². The van der Waals surface area contributed by atoms with E-state index in [2.05, 4.69) is 16.4 Å². The Morgan fingerprint density at radius 1 is 1.05 bits per heavy atom. The third-order valence-electron chi connectivity index (χ3n) is 6.94. The predicted octanol–water partition coefficient (Wildman–Crippen LogP) is 3.98. The molecule has 0 spiro atoms. The summed E-state index contributed by atoms with van der Waals surface area (Å²) in [4.78, 5) is 32.9. The quantitative estimate of drug-likeness (QED) is 0.435. The number of para-hydroxylation sites is 1. The van der Waals surface area contributed by atoms with Crippen LogP contribution < -0.4 is 5.32 Å². The topological polar surface area (TPSA) is 97.2 Å². The average Bonchev–Trinajstić information content (AvgIpc) is 3.42. The lowest BCUT2D eigenvalue weighted by molar-refractivity contribution is -0.117. The van der Waals surface area contributed by atoms with Crippen molar-refractivity contribution in [1.82, 2.24) is 19.4 Å². The highest BCUT2D eigenvalue weighted by Crippen LogP contribution is 2.30. The Hall–Kier alpha value is -4.42. The van der Waals surface area contributed by atoms with Gasteiger partial charge in [0.2, 0.25) is 5.91 Å². The van der Waals surface area contributed by atoms with Crippen molar-refractivity contribution in [3.63, 3.8) is 0 Å². The largest absolute Gasteiger partial charge is 0.351 e. The van der Waals surface area contributed by atoms with Gasteiger partial charge in [0, 0.05) is 42.8 Å². The van der Waals surface area contributed by atoms with E-state index in [1.165, 1.54) is 12.1 Å². The number of fused-ring (bicyclic) bond motifs is 1. The van der Waals surface area contributed by atoms with Gasteiger partial charge in [-0.3, -0.25) is 19.1 Å². The van der Waals surface area contributed by atoms with Gasteiger partial charge in [0.1, 0.15) is 23.4 Å². The number of benzene rings is 2. The standard InChI is InChI=1S/C28H27FN6O2/c1-18-19(2)35(22-8-5-7-21(29)15-22)27(23(18)16-30)32-26(36)17-33-10-12-34(13-11-33)28(37)25-14-20-6-3-4-9-24(20)31-25/h3-9,14-15,31H,10-13,17H2,1-2H3,(H,32,36). The van der Waals surface area contributed by atoms with E-state index in [1.54, 1.807) is 21.6 Å². The first-order chi connectivity index (χ1) is 17.9. The monoisotopic (exact) mass is 498 g/mol. The number of aromatic amines is 1. The van der Waals surface area contributed by atoms with Gasteiger partial charge < -0.3 is 15.2 Å². The zero-order chi connectivity index (χ0) is 26.1. The number of aromatic nitrogens is 2. The molecule has 2 N–H and O–H groups in total. The molecule has 2 amide bonds. The highest BCUT2D eigenvalue weighted by Gasteiger charge is 2.26. The minimum Gasteiger partial charge on any atom is -0.351 e. The van der Waals surface area contributed by atoms with Gasteiger partial charge in [-0.2, -0.15) is 5.26 Å². The fourth-order valence-electron chi connectivity index (χ4n) is 4.84. The smallest absolute Gasteiger partial charge is 0.270 e. The number of carbonyl (C=O) groups excluding carboxylic acids is 2. The Kier molecular flexibility index (Phi) is 6.51. The van der Waals surface area contributed by atoms with E-state index < -0.39 is 5.82 Å². The number of nitrogens with one attached hydrogen (secondary N) is 2. The number of rotatable bonds is 5. The number of amides is 2. The first-order valence-electron chi connectivity index (χ1n) is 12.1. The average molecular weight is 499 g/mol. The molecule has 37 heavy (non-hydrogen) atoms. The van der Waals surface area contributed by atoms with Crippen molar-refractivity contribution in [3.8, 4) is 11.8 Å². The highest BCUT2D eigenvalue weighted by atomic mass is 19.1. The van der Waals surface area contributed by atoms with Crippen LogP contribution in [-0.4, -0.2) is 63.9 Å². The fourth-order valence-corrected chi connectivity index (χ4v) is 4.84. The van der Waals surface area contributed by atoms with Gasteiger partial charge in [-0.25, -0.2) is 4.39 Å². The van der Waals surface area contributed by atoms with Crippen molar-refractivity contribution in [1.29, 1.82) is 5.26 Å². The molecule has 0 saturated carbocycles. The lowest BCUT2D eigenvalue weighted by Gasteiger charge is -2.34. The molecular weight excluding hydrogens is 471 g/mol. The summed E-state index contributed by atoms with van der Waals surface area (Å²) in [5.74, 6) is -0.403. The molecule has 1 saturated heterocycles. The Morgan fingerprint density at radius 2 is 1.81 bits per heavy atom. The van der Waals surface area contributed by atoms with Crippen LogP contribution in [0.5, 0.6) is 0 Å². The second-order valence-corrected chi connectivity index (χ2v) is 9.25. The second kappa shape index (κ2) is 9.91. The number of halogens is 1. The lowest BCUT2D eigenvalue weighted by Crippen LogP contribution is -2.50. The number of hydrogen-bond donors (Lipinski definition) is 2. The molecule has 8 nitrogen and oxygen atoms in total. The second-order valence-electron chi connectivity index (χ2n) is 9.25. The molecule has 3 heterocycles. The maximum Gasteiger partial charge on any atom is 0.270 e. The van der Waals surface area contributed by atoms with Gasteiger partial charge in [-0.05, 0) is 49.7 Å². The molecule has 5 rings (SSSR count). The summed E-state index contributed by atoms with van der Waals surface area (Å²) in [5, 5.41) is 13.6. The minimum absolute atomic E-state index is 0.0576. The normalized spacial score (nSPS) is 14.1. The molecule has 2 aromatic carbocycles. The minimum atomic E-state index is -0.404. The zero-order valence-electron chi connectivity index (χ0n) is 20.7. The summed E-state index contributed by atoms with van der Waals surface area (Å²) in [6.07, 6.45) is 0. The number of nitrogens with zero attached hydrogens (tertiary/aromatic N) is 4. The third kappa shape index (κ3) is 4.71. The Balaban J connectivity index is 1.25. The summed E-state index contributed by atoms with van der Waals surface area (Å²) in [7, 11) is 0. The third-order valence-corrected chi connectivity index (χ3v) is 6.94. The molecule has 0 atom stereocenters. The summed E-state index contributed by atoms with van der Waals surface area (Å²) in [6, 6.07) is 17.8. The van der Waals surface area contributed by atoms with E-state index in [0.29, 0.717) is 48.9 Å². The molecule has 188 valence electrons. The first kappa shape index (κ1) is 24.3. The van der Waals surface area contributed by atoms with E-state index >= 15 is 0 Å². The first-order valence-corrected chi connectivity index (χ1v) is 12.1. The molecule has 1 fully saturated rings. The number of carbonyl (C=O) groups is 2. The SMILES string of the molecule is Cc1c(C#N)c(NC(=O)CN2CCN(C(=O)c3cc4ccccc4[nH]3)CC2)n(-c2cccc(F)c2)c1C. The summed E-state index contributed by atoms with van der Waals surface area (Å²) < 4.78 is 15.6. The number of anilines is 1. The molecule has 9 heteroatoms. The van der Waals surface area contributed by atoms with Crippen LogP contribution >= 0.6 is 0 Å². The van der Waals surface area contributed by atoms with Gasteiger partial charge in [0.05, 0.1) is 17.8 Å². The van der Waals surface area contributed by atoms with E-state index in [0.717, 1.165) is 22.2 Å². The Morgan fingerprint density at radius 3 is 2.51 bits per heavy atom. The summed E-state index contributed by atoms with van der Waals surface area (Å²) in [5.41, 5.74) is 3.84. The van der Waals surface area contributed by atoms with Crippen molar-refractivity contribution in [2.24, 2.45) is 0 Å². The maximum atomic E-state index is 13.9. The van der Waals surface area contributed by atoms with Crippen LogP contribution in [0.4, 0.5) is 10.2 Å². The van der Waals surface area contributed by atoms with E-state index in [1.807, 2.05) is 49.1 Å². The molecule has 0 unspecified atom stereocenters. The number of piperazine rings is 1. The van der Waals surface area contributed by atoms with Gasteiger partial charge in [-0.1, -0.05) is 24.3 Å².